The second kappa shape index (κ2) is 3.68. The predicted octanol–water partition coefficient (Wildman–Crippen LogP) is 3.24. The summed E-state index contributed by atoms with van der Waals surface area (Å²) in [4.78, 5) is 14.8. The second-order valence-corrected chi connectivity index (χ2v) is 3.71. The van der Waals surface area contributed by atoms with Crippen molar-refractivity contribution in [2.45, 2.75) is 0 Å². The van der Waals surface area contributed by atoms with Gasteiger partial charge in [0.25, 0.3) is 0 Å². The van der Waals surface area contributed by atoms with E-state index in [1.54, 1.807) is 18.2 Å². The molecule has 3 nitrogen and oxygen atoms in total. The van der Waals surface area contributed by atoms with Crippen molar-refractivity contribution in [2.24, 2.45) is 0 Å². The van der Waals surface area contributed by atoms with Gasteiger partial charge >= 0.3 is 5.97 Å². The number of carboxylic acids is 1. The Morgan fingerprint density at radius 2 is 2.07 bits per heavy atom. The van der Waals surface area contributed by atoms with Gasteiger partial charge in [-0.1, -0.05) is 35.3 Å². The molecule has 0 atom stereocenters. The van der Waals surface area contributed by atoms with Crippen molar-refractivity contribution in [1.82, 2.24) is 4.98 Å². The van der Waals surface area contributed by atoms with Crippen LogP contribution in [0.3, 0.4) is 0 Å². The molecule has 15 heavy (non-hydrogen) atoms. The summed E-state index contributed by atoms with van der Waals surface area (Å²) in [5.41, 5.74) is 0.487. The first-order valence-corrected chi connectivity index (χ1v) is 4.83. The Bertz CT molecular complexity index is 554. The van der Waals surface area contributed by atoms with Gasteiger partial charge < -0.3 is 5.11 Å². The Hall–Kier alpha value is -1.32. The van der Waals surface area contributed by atoms with Gasteiger partial charge in [-0.3, -0.25) is 4.98 Å². The molecule has 1 N–H and O–H groups in total. The van der Waals surface area contributed by atoms with Crippen LogP contribution in [0, 0.1) is 0 Å². The fraction of sp³-hybridized carbons (Fsp3) is 0. The van der Waals surface area contributed by atoms with Crippen LogP contribution in [-0.4, -0.2) is 16.1 Å². The zero-order chi connectivity index (χ0) is 11.0. The number of para-hydroxylation sites is 1. The quantitative estimate of drug-likeness (QED) is 0.834. The molecule has 1 heterocycles. The lowest BCUT2D eigenvalue weighted by Crippen LogP contribution is -1.99. The summed E-state index contributed by atoms with van der Waals surface area (Å²) in [7, 11) is 0. The molecule has 0 bridgehead atoms. The minimum Gasteiger partial charge on any atom is -0.478 e. The first-order chi connectivity index (χ1) is 7.11. The van der Waals surface area contributed by atoms with Gasteiger partial charge in [0.1, 0.15) is 0 Å². The molecule has 0 saturated heterocycles. The molecule has 2 rings (SSSR count). The number of rotatable bonds is 1. The molecule has 0 unspecified atom stereocenters. The summed E-state index contributed by atoms with van der Waals surface area (Å²) in [5, 5.41) is 9.99. The molecular weight excluding hydrogens is 237 g/mol. The Labute approximate surface area is 95.3 Å². The maximum absolute atomic E-state index is 10.8. The van der Waals surface area contributed by atoms with Crippen LogP contribution in [0.25, 0.3) is 10.9 Å². The predicted molar refractivity (Wildman–Crippen MR) is 58.7 cm³/mol. The Morgan fingerprint density at radius 3 is 2.73 bits per heavy atom. The number of aromatic carboxylic acids is 1. The molecule has 2 aromatic rings. The smallest absolute Gasteiger partial charge is 0.338 e. The van der Waals surface area contributed by atoms with Crippen molar-refractivity contribution in [3.63, 3.8) is 0 Å². The van der Waals surface area contributed by atoms with Gasteiger partial charge in [0.05, 0.1) is 21.1 Å². The van der Waals surface area contributed by atoms with E-state index in [0.29, 0.717) is 15.9 Å². The van der Waals surface area contributed by atoms with Crippen LogP contribution in [0.15, 0.2) is 24.4 Å². The lowest BCUT2D eigenvalue weighted by Gasteiger charge is -2.04. The minimum absolute atomic E-state index is 0.0218. The molecule has 0 fully saturated rings. The molecule has 0 aliphatic carbocycles. The zero-order valence-corrected chi connectivity index (χ0v) is 8.88. The molecule has 0 amide bonds. The number of aromatic nitrogens is 1. The number of fused-ring (bicyclic) bond motifs is 1. The molecule has 5 heteroatoms. The maximum Gasteiger partial charge on any atom is 0.338 e. The molecule has 0 saturated carbocycles. The zero-order valence-electron chi connectivity index (χ0n) is 7.37. The van der Waals surface area contributed by atoms with Crippen molar-refractivity contribution < 1.29 is 9.90 Å². The first kappa shape index (κ1) is 10.2. The van der Waals surface area contributed by atoms with E-state index in [1.807, 2.05) is 0 Å². The summed E-state index contributed by atoms with van der Waals surface area (Å²) in [6.07, 6.45) is 1.21. The number of pyridine rings is 1. The van der Waals surface area contributed by atoms with Crippen LogP contribution in [0.1, 0.15) is 10.4 Å². The summed E-state index contributed by atoms with van der Waals surface area (Å²) in [6, 6.07) is 5.06. The number of hydrogen-bond donors (Lipinski definition) is 1. The van der Waals surface area contributed by atoms with Crippen molar-refractivity contribution in [2.75, 3.05) is 0 Å². The first-order valence-electron chi connectivity index (χ1n) is 4.07. The Balaban J connectivity index is 2.86. The maximum atomic E-state index is 10.8. The lowest BCUT2D eigenvalue weighted by atomic mass is 10.1. The molecule has 0 aliphatic heterocycles. The van der Waals surface area contributed by atoms with E-state index in [0.717, 1.165) is 0 Å². The molecule has 0 aliphatic rings. The van der Waals surface area contributed by atoms with E-state index in [2.05, 4.69) is 4.98 Å². The molecule has 1 aromatic heterocycles. The van der Waals surface area contributed by atoms with Crippen LogP contribution in [-0.2, 0) is 0 Å². The number of hydrogen-bond acceptors (Lipinski definition) is 2. The largest absolute Gasteiger partial charge is 0.478 e. The van der Waals surface area contributed by atoms with Gasteiger partial charge in [0.2, 0.25) is 0 Å². The number of carboxylic acid groups (broad SMARTS) is 1. The Morgan fingerprint density at radius 1 is 1.33 bits per heavy atom. The van der Waals surface area contributed by atoms with Gasteiger partial charge in [0.15, 0.2) is 0 Å². The number of nitrogens with zero attached hydrogens (tertiary/aromatic N) is 1. The molecular formula is C10H5Cl2NO2. The number of halogens is 2. The monoisotopic (exact) mass is 241 g/mol. The summed E-state index contributed by atoms with van der Waals surface area (Å²) in [5.74, 6) is -1.10. The number of carbonyl (C=O) groups is 1. The average molecular weight is 242 g/mol. The third kappa shape index (κ3) is 1.64. The summed E-state index contributed by atoms with van der Waals surface area (Å²) in [6.45, 7) is 0. The third-order valence-electron chi connectivity index (χ3n) is 2.01. The highest BCUT2D eigenvalue weighted by Crippen LogP contribution is 2.29. The van der Waals surface area contributed by atoms with E-state index in [9.17, 15) is 4.79 Å². The van der Waals surface area contributed by atoms with Gasteiger partial charge in [-0.05, 0) is 6.07 Å². The van der Waals surface area contributed by atoms with Gasteiger partial charge in [-0.2, -0.15) is 0 Å². The Kier molecular flexibility index (Phi) is 2.50. The SMILES string of the molecule is O=C(O)c1cnc2c(Cl)cccc2c1Cl. The normalized spacial score (nSPS) is 10.5. The van der Waals surface area contributed by atoms with Crippen LogP contribution in [0.2, 0.25) is 10.0 Å². The van der Waals surface area contributed by atoms with E-state index in [1.165, 1.54) is 6.20 Å². The topological polar surface area (TPSA) is 50.2 Å². The molecule has 76 valence electrons. The summed E-state index contributed by atoms with van der Waals surface area (Å²) >= 11 is 11.8. The van der Waals surface area contributed by atoms with Crippen LogP contribution < -0.4 is 0 Å². The van der Waals surface area contributed by atoms with Gasteiger partial charge in [-0.15, -0.1) is 0 Å². The third-order valence-corrected chi connectivity index (χ3v) is 2.73. The van der Waals surface area contributed by atoms with Crippen molar-refractivity contribution in [3.05, 3.63) is 40.0 Å². The van der Waals surface area contributed by atoms with E-state index < -0.39 is 5.97 Å². The average Bonchev–Trinajstić information content (AvgIpc) is 2.19. The van der Waals surface area contributed by atoms with Crippen molar-refractivity contribution in [1.29, 1.82) is 0 Å². The number of benzene rings is 1. The van der Waals surface area contributed by atoms with Crippen LogP contribution in [0.4, 0.5) is 0 Å². The molecule has 0 spiro atoms. The lowest BCUT2D eigenvalue weighted by molar-refractivity contribution is 0.0697. The van der Waals surface area contributed by atoms with E-state index in [4.69, 9.17) is 28.3 Å². The van der Waals surface area contributed by atoms with Crippen molar-refractivity contribution in [3.8, 4) is 0 Å². The molecule has 0 radical (unpaired) electrons. The van der Waals surface area contributed by atoms with Crippen LogP contribution >= 0.6 is 23.2 Å². The van der Waals surface area contributed by atoms with E-state index >= 15 is 0 Å². The summed E-state index contributed by atoms with van der Waals surface area (Å²) < 4.78 is 0. The minimum atomic E-state index is -1.10. The molecule has 1 aromatic carbocycles. The standard InChI is InChI=1S/C10H5Cl2NO2/c11-7-3-1-2-5-8(12)6(10(14)15)4-13-9(5)7/h1-4H,(H,14,15). The van der Waals surface area contributed by atoms with Crippen molar-refractivity contribution >= 4 is 40.1 Å². The van der Waals surface area contributed by atoms with E-state index in [-0.39, 0.29) is 10.6 Å². The van der Waals surface area contributed by atoms with Crippen LogP contribution in [0.5, 0.6) is 0 Å². The second-order valence-electron chi connectivity index (χ2n) is 2.93. The fourth-order valence-corrected chi connectivity index (χ4v) is 1.81. The highest BCUT2D eigenvalue weighted by atomic mass is 35.5. The highest BCUT2D eigenvalue weighted by molar-refractivity contribution is 6.40. The van der Waals surface area contributed by atoms with Gasteiger partial charge in [0, 0.05) is 11.6 Å². The highest BCUT2D eigenvalue weighted by Gasteiger charge is 2.13. The fourth-order valence-electron chi connectivity index (χ4n) is 1.30. The van der Waals surface area contributed by atoms with Gasteiger partial charge in [-0.25, -0.2) is 4.79 Å².